The molecule has 0 spiro atoms. The van der Waals surface area contributed by atoms with Crippen molar-refractivity contribution in [2.45, 2.75) is 6.18 Å². The molecule has 0 bridgehead atoms. The van der Waals surface area contributed by atoms with Crippen LogP contribution in [-0.2, 0) is 6.18 Å². The van der Waals surface area contributed by atoms with E-state index in [9.17, 15) is 13.2 Å². The molecule has 0 saturated heterocycles. The summed E-state index contributed by atoms with van der Waals surface area (Å²) in [6.45, 7) is 0. The molecule has 29 heavy (non-hydrogen) atoms. The van der Waals surface area contributed by atoms with Gasteiger partial charge in [-0.2, -0.15) is 13.2 Å². The maximum atomic E-state index is 13.6. The minimum absolute atomic E-state index is 0.0120. The summed E-state index contributed by atoms with van der Waals surface area (Å²) in [5.41, 5.74) is 0.986. The molecule has 0 saturated carbocycles. The summed E-state index contributed by atoms with van der Waals surface area (Å²) in [6.07, 6.45) is -4.55. The number of pyridine rings is 1. The highest BCUT2D eigenvalue weighted by Crippen LogP contribution is 2.39. The Labute approximate surface area is 165 Å². The van der Waals surface area contributed by atoms with Gasteiger partial charge in [-0.25, -0.2) is 4.98 Å². The van der Waals surface area contributed by atoms with E-state index >= 15 is 0 Å². The fourth-order valence-electron chi connectivity index (χ4n) is 3.12. The normalized spacial score (nSPS) is 11.4. The Balaban J connectivity index is 1.84. The van der Waals surface area contributed by atoms with Crippen molar-refractivity contribution in [3.63, 3.8) is 0 Å². The Morgan fingerprint density at radius 2 is 1.55 bits per heavy atom. The molecule has 0 aliphatic heterocycles. The monoisotopic (exact) mass is 395 g/mol. The number of benzene rings is 3. The summed E-state index contributed by atoms with van der Waals surface area (Å²) < 4.78 is 51.9. The SMILES string of the molecule is COc1ccc2c(C(F)(F)F)cc(Oc3ccccc3-c3ccccc3)nc2c1. The van der Waals surface area contributed by atoms with Crippen LogP contribution in [-0.4, -0.2) is 12.1 Å². The highest BCUT2D eigenvalue weighted by molar-refractivity contribution is 5.85. The van der Waals surface area contributed by atoms with E-state index in [0.29, 0.717) is 11.5 Å². The third kappa shape index (κ3) is 3.87. The average Bonchev–Trinajstić information content (AvgIpc) is 2.73. The van der Waals surface area contributed by atoms with Crippen LogP contribution in [0, 0.1) is 0 Å². The molecule has 1 heterocycles. The first-order valence-electron chi connectivity index (χ1n) is 8.84. The van der Waals surface area contributed by atoms with Crippen molar-refractivity contribution >= 4 is 10.9 Å². The van der Waals surface area contributed by atoms with Crippen molar-refractivity contribution in [3.05, 3.63) is 84.4 Å². The minimum Gasteiger partial charge on any atom is -0.497 e. The molecule has 0 aliphatic carbocycles. The highest BCUT2D eigenvalue weighted by Gasteiger charge is 2.34. The molecule has 0 radical (unpaired) electrons. The number of halogens is 3. The topological polar surface area (TPSA) is 31.4 Å². The molecule has 146 valence electrons. The van der Waals surface area contributed by atoms with Crippen LogP contribution in [0.2, 0.25) is 0 Å². The van der Waals surface area contributed by atoms with Crippen LogP contribution in [0.15, 0.2) is 78.9 Å². The number of hydrogen-bond acceptors (Lipinski definition) is 3. The highest BCUT2D eigenvalue weighted by atomic mass is 19.4. The van der Waals surface area contributed by atoms with Crippen LogP contribution in [0.5, 0.6) is 17.4 Å². The Kier molecular flexibility index (Phi) is 4.84. The Bertz CT molecular complexity index is 1160. The minimum atomic E-state index is -4.55. The number of nitrogens with zero attached hydrogens (tertiary/aromatic N) is 1. The van der Waals surface area contributed by atoms with Gasteiger partial charge in [-0.15, -0.1) is 0 Å². The molecule has 4 aromatic rings. The van der Waals surface area contributed by atoms with E-state index < -0.39 is 11.7 Å². The lowest BCUT2D eigenvalue weighted by Crippen LogP contribution is -2.07. The molecule has 3 aromatic carbocycles. The summed E-state index contributed by atoms with van der Waals surface area (Å²) in [5, 5.41) is -0.0120. The zero-order valence-electron chi connectivity index (χ0n) is 15.4. The van der Waals surface area contributed by atoms with Crippen LogP contribution >= 0.6 is 0 Å². The molecule has 4 rings (SSSR count). The lowest BCUT2D eigenvalue weighted by Gasteiger charge is -2.15. The molecular formula is C23H16F3NO2. The van der Waals surface area contributed by atoms with E-state index in [4.69, 9.17) is 9.47 Å². The number of hydrogen-bond donors (Lipinski definition) is 0. The lowest BCUT2D eigenvalue weighted by molar-refractivity contribution is -0.136. The lowest BCUT2D eigenvalue weighted by atomic mass is 10.0. The molecule has 6 heteroatoms. The van der Waals surface area contributed by atoms with Crippen LogP contribution in [0.25, 0.3) is 22.0 Å². The number of ether oxygens (including phenoxy) is 2. The Morgan fingerprint density at radius 3 is 2.28 bits per heavy atom. The standard InChI is InChI=1S/C23H16F3NO2/c1-28-16-11-12-18-19(23(24,25)26)14-22(27-20(18)13-16)29-21-10-6-5-9-17(21)15-7-3-2-4-8-15/h2-14H,1H3. The number of rotatable bonds is 4. The maximum absolute atomic E-state index is 13.6. The van der Waals surface area contributed by atoms with E-state index in [2.05, 4.69) is 4.98 Å². The number of methoxy groups -OCH3 is 1. The third-order valence-corrected chi connectivity index (χ3v) is 4.49. The van der Waals surface area contributed by atoms with Gasteiger partial charge in [0.2, 0.25) is 5.88 Å². The average molecular weight is 395 g/mol. The van der Waals surface area contributed by atoms with E-state index in [1.54, 1.807) is 12.1 Å². The molecule has 0 amide bonds. The second-order valence-electron chi connectivity index (χ2n) is 6.35. The van der Waals surface area contributed by atoms with Crippen molar-refractivity contribution in [3.8, 4) is 28.5 Å². The van der Waals surface area contributed by atoms with E-state index in [0.717, 1.165) is 17.2 Å². The number of para-hydroxylation sites is 1. The van der Waals surface area contributed by atoms with Crippen LogP contribution < -0.4 is 9.47 Å². The predicted molar refractivity (Wildman–Crippen MR) is 105 cm³/mol. The fourth-order valence-corrected chi connectivity index (χ4v) is 3.12. The summed E-state index contributed by atoms with van der Waals surface area (Å²) in [6, 6.07) is 21.8. The third-order valence-electron chi connectivity index (χ3n) is 4.49. The van der Waals surface area contributed by atoms with Gasteiger partial charge in [0.15, 0.2) is 0 Å². The molecule has 0 atom stereocenters. The Morgan fingerprint density at radius 1 is 0.828 bits per heavy atom. The van der Waals surface area contributed by atoms with Crippen molar-refractivity contribution in [1.29, 1.82) is 0 Å². The zero-order chi connectivity index (χ0) is 20.4. The first-order chi connectivity index (χ1) is 14.0. The van der Waals surface area contributed by atoms with Crippen LogP contribution in [0.4, 0.5) is 13.2 Å². The first-order valence-corrected chi connectivity index (χ1v) is 8.84. The van der Waals surface area contributed by atoms with Gasteiger partial charge in [-0.1, -0.05) is 48.5 Å². The van der Waals surface area contributed by atoms with Gasteiger partial charge in [0.05, 0.1) is 18.2 Å². The molecule has 3 nitrogen and oxygen atoms in total. The first kappa shape index (κ1) is 18.8. The molecule has 1 aromatic heterocycles. The number of fused-ring (bicyclic) bond motifs is 1. The molecular weight excluding hydrogens is 379 g/mol. The van der Waals surface area contributed by atoms with Gasteiger partial charge in [0.25, 0.3) is 0 Å². The van der Waals surface area contributed by atoms with Crippen LogP contribution in [0.3, 0.4) is 0 Å². The number of alkyl halides is 3. The summed E-state index contributed by atoms with van der Waals surface area (Å²) in [4.78, 5) is 4.29. The maximum Gasteiger partial charge on any atom is 0.417 e. The van der Waals surface area contributed by atoms with Gasteiger partial charge in [0, 0.05) is 23.1 Å². The summed E-state index contributed by atoms with van der Waals surface area (Å²) in [7, 11) is 1.45. The second-order valence-corrected chi connectivity index (χ2v) is 6.35. The molecule has 0 unspecified atom stereocenters. The van der Waals surface area contributed by atoms with E-state index in [1.807, 2.05) is 42.5 Å². The van der Waals surface area contributed by atoms with Crippen molar-refractivity contribution < 1.29 is 22.6 Å². The van der Waals surface area contributed by atoms with Gasteiger partial charge < -0.3 is 9.47 Å². The Hall–Kier alpha value is -3.54. The second kappa shape index (κ2) is 7.47. The van der Waals surface area contributed by atoms with Gasteiger partial charge in [-0.05, 0) is 23.8 Å². The van der Waals surface area contributed by atoms with Crippen molar-refractivity contribution in [2.24, 2.45) is 0 Å². The largest absolute Gasteiger partial charge is 0.497 e. The van der Waals surface area contributed by atoms with Gasteiger partial charge in [0.1, 0.15) is 11.5 Å². The van der Waals surface area contributed by atoms with Crippen molar-refractivity contribution in [2.75, 3.05) is 7.11 Å². The summed E-state index contributed by atoms with van der Waals surface area (Å²) >= 11 is 0. The molecule has 0 fully saturated rings. The predicted octanol–water partition coefficient (Wildman–Crippen LogP) is 6.72. The van der Waals surface area contributed by atoms with Crippen LogP contribution in [0.1, 0.15) is 5.56 Å². The smallest absolute Gasteiger partial charge is 0.417 e. The van der Waals surface area contributed by atoms with Gasteiger partial charge >= 0.3 is 6.18 Å². The zero-order valence-corrected chi connectivity index (χ0v) is 15.4. The number of aromatic nitrogens is 1. The molecule has 0 N–H and O–H groups in total. The van der Waals surface area contributed by atoms with E-state index in [-0.39, 0.29) is 16.8 Å². The van der Waals surface area contributed by atoms with E-state index in [1.165, 1.54) is 25.3 Å². The fraction of sp³-hybridized carbons (Fsp3) is 0.0870. The van der Waals surface area contributed by atoms with Gasteiger partial charge in [-0.3, -0.25) is 0 Å². The summed E-state index contributed by atoms with van der Waals surface area (Å²) in [5.74, 6) is 0.697. The van der Waals surface area contributed by atoms with Crippen molar-refractivity contribution in [1.82, 2.24) is 4.98 Å². The molecule has 0 aliphatic rings. The quantitative estimate of drug-likeness (QED) is 0.384.